The first-order valence-electron chi connectivity index (χ1n) is 9.72. The first-order chi connectivity index (χ1) is 15.8. The summed E-state index contributed by atoms with van der Waals surface area (Å²) in [5.41, 5.74) is 2.49. The third-order valence-corrected chi connectivity index (χ3v) is 5.91. The van der Waals surface area contributed by atoms with E-state index in [4.69, 9.17) is 0 Å². The SMILES string of the molecule is Cc1cc(C)nc(SCc2c(C(=O)Nc3cc(F)ccc3F)nnn2-c2ccc(Br)cc2)n1. The summed E-state index contributed by atoms with van der Waals surface area (Å²) < 4.78 is 30.0. The number of nitrogens with one attached hydrogen (secondary N) is 1. The van der Waals surface area contributed by atoms with Gasteiger partial charge in [0.25, 0.3) is 5.91 Å². The number of nitrogens with zero attached hydrogens (tertiary/aromatic N) is 5. The number of carbonyl (C=O) groups excluding carboxylic acids is 1. The highest BCUT2D eigenvalue weighted by Crippen LogP contribution is 2.25. The van der Waals surface area contributed by atoms with Gasteiger partial charge in [-0.1, -0.05) is 32.9 Å². The Kier molecular flexibility index (Phi) is 6.80. The number of benzene rings is 2. The monoisotopic (exact) mass is 530 g/mol. The second-order valence-electron chi connectivity index (χ2n) is 7.07. The van der Waals surface area contributed by atoms with Crippen LogP contribution in [-0.4, -0.2) is 30.9 Å². The zero-order valence-corrected chi connectivity index (χ0v) is 19.9. The van der Waals surface area contributed by atoms with E-state index in [1.54, 1.807) is 0 Å². The second kappa shape index (κ2) is 9.75. The fourth-order valence-electron chi connectivity index (χ4n) is 3.06. The molecule has 0 radical (unpaired) electrons. The molecule has 11 heteroatoms. The molecule has 4 rings (SSSR count). The highest BCUT2D eigenvalue weighted by molar-refractivity contribution is 9.10. The molecule has 1 N–H and O–H groups in total. The fourth-order valence-corrected chi connectivity index (χ4v) is 4.27. The highest BCUT2D eigenvalue weighted by Gasteiger charge is 2.22. The predicted molar refractivity (Wildman–Crippen MR) is 124 cm³/mol. The summed E-state index contributed by atoms with van der Waals surface area (Å²) in [7, 11) is 0. The lowest BCUT2D eigenvalue weighted by Crippen LogP contribution is -2.16. The van der Waals surface area contributed by atoms with E-state index >= 15 is 0 Å². The van der Waals surface area contributed by atoms with Gasteiger partial charge in [0.2, 0.25) is 0 Å². The molecular weight excluding hydrogens is 514 g/mol. The number of amides is 1. The fraction of sp³-hybridized carbons (Fsp3) is 0.136. The van der Waals surface area contributed by atoms with Gasteiger partial charge >= 0.3 is 0 Å². The van der Waals surface area contributed by atoms with Crippen LogP contribution >= 0.6 is 27.7 Å². The average molecular weight is 531 g/mol. The molecular formula is C22H17BrF2N6OS. The normalized spacial score (nSPS) is 10.9. The molecule has 0 spiro atoms. The zero-order valence-electron chi connectivity index (χ0n) is 17.5. The van der Waals surface area contributed by atoms with Crippen molar-refractivity contribution in [2.75, 3.05) is 5.32 Å². The van der Waals surface area contributed by atoms with Gasteiger partial charge < -0.3 is 5.32 Å². The Morgan fingerprint density at radius 3 is 2.45 bits per heavy atom. The Bertz CT molecular complexity index is 1310. The average Bonchev–Trinajstić information content (AvgIpc) is 3.19. The van der Waals surface area contributed by atoms with Gasteiger partial charge in [0.05, 0.1) is 17.1 Å². The van der Waals surface area contributed by atoms with Crippen molar-refractivity contribution in [3.05, 3.63) is 87.4 Å². The summed E-state index contributed by atoms with van der Waals surface area (Å²) in [4.78, 5) is 21.8. The predicted octanol–water partition coefficient (Wildman–Crippen LogP) is 5.26. The van der Waals surface area contributed by atoms with Crippen LogP contribution in [0.2, 0.25) is 0 Å². The van der Waals surface area contributed by atoms with E-state index in [0.29, 0.717) is 16.5 Å². The van der Waals surface area contributed by atoms with Crippen LogP contribution in [-0.2, 0) is 5.75 Å². The molecule has 0 unspecified atom stereocenters. The zero-order chi connectivity index (χ0) is 23.5. The van der Waals surface area contributed by atoms with Crippen LogP contribution < -0.4 is 5.32 Å². The molecule has 7 nitrogen and oxygen atoms in total. The number of anilines is 1. The molecule has 0 aliphatic rings. The molecule has 0 fully saturated rings. The van der Waals surface area contributed by atoms with Crippen molar-refractivity contribution in [2.45, 2.75) is 24.8 Å². The lowest BCUT2D eigenvalue weighted by Gasteiger charge is -2.09. The Morgan fingerprint density at radius 1 is 1.06 bits per heavy atom. The Morgan fingerprint density at radius 2 is 1.76 bits per heavy atom. The molecule has 33 heavy (non-hydrogen) atoms. The highest BCUT2D eigenvalue weighted by atomic mass is 79.9. The van der Waals surface area contributed by atoms with Crippen LogP contribution in [0.15, 0.2) is 58.2 Å². The minimum absolute atomic E-state index is 0.0153. The van der Waals surface area contributed by atoms with Gasteiger partial charge in [-0.05, 0) is 56.3 Å². The number of rotatable bonds is 6. The smallest absolute Gasteiger partial charge is 0.278 e. The number of carbonyl (C=O) groups is 1. The van der Waals surface area contributed by atoms with Crippen LogP contribution in [0.4, 0.5) is 14.5 Å². The maximum absolute atomic E-state index is 14.1. The summed E-state index contributed by atoms with van der Waals surface area (Å²) >= 11 is 4.71. The second-order valence-corrected chi connectivity index (χ2v) is 8.93. The van der Waals surface area contributed by atoms with Gasteiger partial charge in [-0.15, -0.1) is 5.10 Å². The lowest BCUT2D eigenvalue weighted by atomic mass is 10.2. The number of aryl methyl sites for hydroxylation is 2. The van der Waals surface area contributed by atoms with Crippen molar-refractivity contribution in [2.24, 2.45) is 0 Å². The van der Waals surface area contributed by atoms with Crippen molar-refractivity contribution in [1.29, 1.82) is 0 Å². The minimum atomic E-state index is -0.760. The lowest BCUT2D eigenvalue weighted by molar-refractivity contribution is 0.102. The van der Waals surface area contributed by atoms with E-state index in [1.165, 1.54) is 16.4 Å². The first-order valence-corrected chi connectivity index (χ1v) is 11.5. The molecule has 0 saturated carbocycles. The van der Waals surface area contributed by atoms with Gasteiger partial charge in [0, 0.05) is 27.7 Å². The maximum Gasteiger partial charge on any atom is 0.278 e. The molecule has 0 aliphatic carbocycles. The summed E-state index contributed by atoms with van der Waals surface area (Å²) in [6.07, 6.45) is 0. The standard InChI is InChI=1S/C22H17BrF2N6OS/c1-12-9-13(2)27-22(26-12)33-11-19-20(21(32)28-18-10-15(24)5-8-17(18)25)29-30-31(19)16-6-3-14(23)4-7-16/h3-10H,11H2,1-2H3,(H,28,32). The van der Waals surface area contributed by atoms with E-state index in [9.17, 15) is 13.6 Å². The topological polar surface area (TPSA) is 85.6 Å². The van der Waals surface area contributed by atoms with Gasteiger partial charge in [-0.2, -0.15) is 0 Å². The molecule has 0 atom stereocenters. The minimum Gasteiger partial charge on any atom is -0.318 e. The Balaban J connectivity index is 1.69. The molecule has 0 bridgehead atoms. The van der Waals surface area contributed by atoms with Crippen molar-refractivity contribution in [1.82, 2.24) is 25.0 Å². The maximum atomic E-state index is 14.1. The van der Waals surface area contributed by atoms with E-state index in [-0.39, 0.29) is 17.1 Å². The van der Waals surface area contributed by atoms with E-state index < -0.39 is 17.5 Å². The molecule has 4 aromatic rings. The van der Waals surface area contributed by atoms with Crippen molar-refractivity contribution >= 4 is 39.3 Å². The number of aromatic nitrogens is 5. The molecule has 0 saturated heterocycles. The number of hydrogen-bond donors (Lipinski definition) is 1. The molecule has 0 aliphatic heterocycles. The Labute approximate surface area is 200 Å². The largest absolute Gasteiger partial charge is 0.318 e. The van der Waals surface area contributed by atoms with Crippen LogP contribution in [0.25, 0.3) is 5.69 Å². The van der Waals surface area contributed by atoms with Crippen LogP contribution in [0, 0.1) is 25.5 Å². The molecule has 168 valence electrons. The van der Waals surface area contributed by atoms with E-state index in [0.717, 1.165) is 34.1 Å². The number of halogens is 3. The van der Waals surface area contributed by atoms with Crippen molar-refractivity contribution in [3.63, 3.8) is 0 Å². The van der Waals surface area contributed by atoms with Gasteiger partial charge in [0.1, 0.15) is 11.6 Å². The molecule has 2 aromatic carbocycles. The molecule has 2 aromatic heterocycles. The summed E-state index contributed by atoms with van der Waals surface area (Å²) in [5, 5.41) is 11.1. The Hall–Kier alpha value is -3.18. The van der Waals surface area contributed by atoms with Gasteiger partial charge in [-0.25, -0.2) is 23.4 Å². The number of thioether (sulfide) groups is 1. The molecule has 2 heterocycles. The van der Waals surface area contributed by atoms with Gasteiger partial charge in [0.15, 0.2) is 10.9 Å². The van der Waals surface area contributed by atoms with Crippen molar-refractivity contribution < 1.29 is 13.6 Å². The summed E-state index contributed by atoms with van der Waals surface area (Å²) in [6.45, 7) is 3.75. The number of hydrogen-bond acceptors (Lipinski definition) is 6. The van der Waals surface area contributed by atoms with Crippen LogP contribution in [0.3, 0.4) is 0 Å². The summed E-state index contributed by atoms with van der Waals surface area (Å²) in [6, 6.07) is 12.0. The molecule has 1 amide bonds. The van der Waals surface area contributed by atoms with Crippen molar-refractivity contribution in [3.8, 4) is 5.69 Å². The van der Waals surface area contributed by atoms with Gasteiger partial charge in [-0.3, -0.25) is 4.79 Å². The van der Waals surface area contributed by atoms with E-state index in [1.807, 2.05) is 44.2 Å². The first kappa shape index (κ1) is 23.0. The quantitative estimate of drug-likeness (QED) is 0.270. The third-order valence-electron chi connectivity index (χ3n) is 4.53. The van der Waals surface area contributed by atoms with E-state index in [2.05, 4.69) is 41.5 Å². The summed E-state index contributed by atoms with van der Waals surface area (Å²) in [5.74, 6) is -1.88. The third kappa shape index (κ3) is 5.42. The van der Waals surface area contributed by atoms with Crippen LogP contribution in [0.5, 0.6) is 0 Å². The van der Waals surface area contributed by atoms with Crippen LogP contribution in [0.1, 0.15) is 27.6 Å².